The maximum atomic E-state index is 10.6. The third-order valence-electron chi connectivity index (χ3n) is 2.10. The van der Waals surface area contributed by atoms with E-state index in [-0.39, 0.29) is 16.3 Å². The molecule has 0 aliphatic carbocycles. The molecule has 0 radical (unpaired) electrons. The number of nitrogens with zero attached hydrogens (tertiary/aromatic N) is 2. The van der Waals surface area contributed by atoms with Gasteiger partial charge >= 0.3 is 0 Å². The highest BCUT2D eigenvalue weighted by molar-refractivity contribution is 6.31. The van der Waals surface area contributed by atoms with Gasteiger partial charge in [-0.25, -0.2) is 0 Å². The molecule has 2 unspecified atom stereocenters. The fraction of sp³-hybridized carbons (Fsp3) is 0.222. The molecule has 0 aliphatic heterocycles. The van der Waals surface area contributed by atoms with E-state index < -0.39 is 22.8 Å². The summed E-state index contributed by atoms with van der Waals surface area (Å²) in [7, 11) is 0. The maximum absolute atomic E-state index is 10.6. The number of halogens is 1. The Morgan fingerprint density at radius 2 is 2.12 bits per heavy atom. The minimum Gasteiger partial charge on any atom is -0.393 e. The van der Waals surface area contributed by atoms with Crippen LogP contribution in [0.3, 0.4) is 0 Å². The number of aliphatic hydroxyl groups is 2. The normalized spacial score (nSPS) is 13.8. The number of anilines is 1. The minimum absolute atomic E-state index is 0.0231. The number of nitro benzene ring substituents is 1. The molecule has 1 rings (SSSR count). The van der Waals surface area contributed by atoms with Crippen LogP contribution in [0.2, 0.25) is 5.02 Å². The molecule has 1 aromatic rings. The van der Waals surface area contributed by atoms with E-state index >= 15 is 0 Å². The average molecular weight is 258 g/mol. The highest BCUT2D eigenvalue weighted by atomic mass is 35.5. The molecule has 2 atom stereocenters. The predicted molar refractivity (Wildman–Crippen MR) is 59.1 cm³/mol. The summed E-state index contributed by atoms with van der Waals surface area (Å²) in [4.78, 5) is 9.88. The Bertz CT molecular complexity index is 500. The fourth-order valence-corrected chi connectivity index (χ4v) is 1.48. The van der Waals surface area contributed by atoms with Gasteiger partial charge in [-0.1, -0.05) is 11.6 Å². The molecule has 90 valence electrons. The number of hydrogen-bond donors (Lipinski definition) is 3. The first-order valence-electron chi connectivity index (χ1n) is 4.37. The number of nitriles is 1. The molecule has 0 bridgehead atoms. The number of nitro groups is 1. The molecule has 1 aromatic carbocycles. The summed E-state index contributed by atoms with van der Waals surface area (Å²) in [6.07, 6.45) is -3.40. The van der Waals surface area contributed by atoms with Crippen molar-refractivity contribution in [3.05, 3.63) is 32.8 Å². The molecule has 0 heterocycles. The molecule has 7 nitrogen and oxygen atoms in total. The second-order valence-corrected chi connectivity index (χ2v) is 3.64. The summed E-state index contributed by atoms with van der Waals surface area (Å²) in [5.41, 5.74) is 4.49. The van der Waals surface area contributed by atoms with Gasteiger partial charge in [0.25, 0.3) is 5.69 Å². The van der Waals surface area contributed by atoms with Crippen molar-refractivity contribution in [2.45, 2.75) is 12.2 Å². The molecule has 4 N–H and O–H groups in total. The van der Waals surface area contributed by atoms with Gasteiger partial charge in [0.2, 0.25) is 0 Å². The van der Waals surface area contributed by atoms with E-state index in [2.05, 4.69) is 0 Å². The fourth-order valence-electron chi connectivity index (χ4n) is 1.26. The van der Waals surface area contributed by atoms with Crippen LogP contribution >= 0.6 is 11.6 Å². The molecule has 0 aliphatic rings. The monoisotopic (exact) mass is 257 g/mol. The van der Waals surface area contributed by atoms with Crippen LogP contribution in [-0.4, -0.2) is 21.2 Å². The van der Waals surface area contributed by atoms with Gasteiger partial charge in [0.15, 0.2) is 6.10 Å². The van der Waals surface area contributed by atoms with E-state index in [1.807, 2.05) is 0 Å². The first kappa shape index (κ1) is 13.2. The van der Waals surface area contributed by atoms with Crippen LogP contribution in [0.1, 0.15) is 11.7 Å². The largest absolute Gasteiger partial charge is 0.393 e. The number of rotatable bonds is 3. The van der Waals surface area contributed by atoms with Gasteiger partial charge < -0.3 is 15.9 Å². The lowest BCUT2D eigenvalue weighted by atomic mass is 10.0. The highest BCUT2D eigenvalue weighted by Crippen LogP contribution is 2.34. The third-order valence-corrected chi connectivity index (χ3v) is 2.32. The second-order valence-electron chi connectivity index (χ2n) is 3.20. The molecule has 0 fully saturated rings. The Labute approximate surface area is 101 Å². The summed E-state index contributed by atoms with van der Waals surface area (Å²) in [5.74, 6) is 0. The van der Waals surface area contributed by atoms with Crippen molar-refractivity contribution in [3.63, 3.8) is 0 Å². The van der Waals surface area contributed by atoms with Crippen LogP contribution in [0.15, 0.2) is 12.1 Å². The van der Waals surface area contributed by atoms with E-state index in [0.29, 0.717) is 0 Å². The lowest BCUT2D eigenvalue weighted by molar-refractivity contribution is -0.384. The van der Waals surface area contributed by atoms with Crippen LogP contribution in [0.4, 0.5) is 11.4 Å². The van der Waals surface area contributed by atoms with Gasteiger partial charge in [-0.15, -0.1) is 0 Å². The summed E-state index contributed by atoms with van der Waals surface area (Å²) in [5, 5.41) is 37.8. The number of hydrogen-bond acceptors (Lipinski definition) is 6. The zero-order valence-corrected chi connectivity index (χ0v) is 9.13. The quantitative estimate of drug-likeness (QED) is 0.317. The maximum Gasteiger partial charge on any atom is 0.293 e. The topological polar surface area (TPSA) is 133 Å². The Morgan fingerprint density at radius 3 is 2.59 bits per heavy atom. The lowest BCUT2D eigenvalue weighted by Crippen LogP contribution is -2.17. The Hall–Kier alpha value is -1.88. The van der Waals surface area contributed by atoms with Gasteiger partial charge in [0.05, 0.1) is 11.0 Å². The van der Waals surface area contributed by atoms with Crippen molar-refractivity contribution in [2.24, 2.45) is 0 Å². The first-order valence-corrected chi connectivity index (χ1v) is 4.75. The van der Waals surface area contributed by atoms with E-state index in [0.717, 1.165) is 12.1 Å². The molecule has 0 aromatic heterocycles. The predicted octanol–water partition coefficient (Wildman–Crippen LogP) is 0.748. The minimum atomic E-state index is -1.74. The van der Waals surface area contributed by atoms with Gasteiger partial charge in [-0.2, -0.15) is 5.26 Å². The van der Waals surface area contributed by atoms with Crippen LogP contribution in [-0.2, 0) is 0 Å². The summed E-state index contributed by atoms with van der Waals surface area (Å²) in [6.45, 7) is 0. The van der Waals surface area contributed by atoms with Crippen LogP contribution in [0.5, 0.6) is 0 Å². The number of benzene rings is 1. The van der Waals surface area contributed by atoms with Crippen LogP contribution in [0, 0.1) is 21.4 Å². The van der Waals surface area contributed by atoms with E-state index in [4.69, 9.17) is 27.7 Å². The third kappa shape index (κ3) is 2.62. The molecular weight excluding hydrogens is 250 g/mol. The lowest BCUT2D eigenvalue weighted by Gasteiger charge is -2.14. The molecule has 0 spiro atoms. The van der Waals surface area contributed by atoms with Gasteiger partial charge in [0.1, 0.15) is 11.8 Å². The van der Waals surface area contributed by atoms with Crippen molar-refractivity contribution in [3.8, 4) is 6.07 Å². The van der Waals surface area contributed by atoms with Crippen LogP contribution < -0.4 is 5.73 Å². The van der Waals surface area contributed by atoms with Crippen molar-refractivity contribution in [2.75, 3.05) is 5.73 Å². The summed E-state index contributed by atoms with van der Waals surface area (Å²) in [6, 6.07) is 3.58. The standard InChI is InChI=1S/C9H8ClN3O4/c10-4-1-5(9(15)7(14)3-11)8(12)6(2-4)13(16)17/h1-2,7,9,14-15H,12H2. The average Bonchev–Trinajstić information content (AvgIpc) is 2.29. The van der Waals surface area contributed by atoms with Gasteiger partial charge in [-0.05, 0) is 6.07 Å². The van der Waals surface area contributed by atoms with Crippen molar-refractivity contribution in [1.29, 1.82) is 5.26 Å². The number of aliphatic hydroxyl groups excluding tert-OH is 2. The molecular formula is C9H8ClN3O4. The summed E-state index contributed by atoms with van der Waals surface area (Å²) >= 11 is 5.62. The molecule has 17 heavy (non-hydrogen) atoms. The second kappa shape index (κ2) is 4.97. The van der Waals surface area contributed by atoms with Crippen molar-refractivity contribution in [1.82, 2.24) is 0 Å². The zero-order chi connectivity index (χ0) is 13.2. The molecule has 0 saturated carbocycles. The van der Waals surface area contributed by atoms with E-state index in [1.165, 1.54) is 6.07 Å². The molecule has 0 saturated heterocycles. The molecule has 0 amide bonds. The SMILES string of the molecule is N#CC(O)C(O)c1cc(Cl)cc([N+](=O)[O-])c1N. The van der Waals surface area contributed by atoms with E-state index in [9.17, 15) is 15.2 Å². The Morgan fingerprint density at radius 1 is 1.53 bits per heavy atom. The summed E-state index contributed by atoms with van der Waals surface area (Å²) < 4.78 is 0. The Kier molecular flexibility index (Phi) is 3.85. The van der Waals surface area contributed by atoms with E-state index in [1.54, 1.807) is 0 Å². The zero-order valence-electron chi connectivity index (χ0n) is 8.37. The number of nitrogen functional groups attached to an aromatic ring is 1. The van der Waals surface area contributed by atoms with Crippen molar-refractivity contribution >= 4 is 23.0 Å². The van der Waals surface area contributed by atoms with Gasteiger partial charge in [0, 0.05) is 16.7 Å². The van der Waals surface area contributed by atoms with Crippen LogP contribution in [0.25, 0.3) is 0 Å². The highest BCUT2D eigenvalue weighted by Gasteiger charge is 2.25. The Balaban J connectivity index is 3.35. The molecule has 8 heteroatoms. The first-order chi connectivity index (χ1) is 7.88. The van der Waals surface area contributed by atoms with Gasteiger partial charge in [-0.3, -0.25) is 10.1 Å². The van der Waals surface area contributed by atoms with Crippen molar-refractivity contribution < 1.29 is 15.1 Å². The number of nitrogens with two attached hydrogens (primary N) is 1. The smallest absolute Gasteiger partial charge is 0.293 e.